The van der Waals surface area contributed by atoms with E-state index in [2.05, 4.69) is 119 Å². The van der Waals surface area contributed by atoms with Gasteiger partial charge in [0, 0.05) is 13.5 Å². The van der Waals surface area contributed by atoms with Crippen LogP contribution in [-0.4, -0.2) is 10.3 Å². The van der Waals surface area contributed by atoms with Crippen LogP contribution in [0.25, 0.3) is 11.1 Å². The summed E-state index contributed by atoms with van der Waals surface area (Å²) < 4.78 is 0. The van der Waals surface area contributed by atoms with Gasteiger partial charge in [-0.15, -0.1) is 0 Å². The van der Waals surface area contributed by atoms with Crippen LogP contribution in [0.1, 0.15) is 118 Å². The van der Waals surface area contributed by atoms with E-state index < -0.39 is 7.92 Å². The molecule has 1 heteroatoms. The first kappa shape index (κ1) is 25.1. The minimum atomic E-state index is -0.840. The Hall–Kier alpha value is -1.13. The van der Waals surface area contributed by atoms with Gasteiger partial charge in [-0.1, -0.05) is 71.9 Å². The Labute approximate surface area is 188 Å². The lowest BCUT2D eigenvalue weighted by Crippen LogP contribution is -2.32. The Bertz CT molecular complexity index is 814. The molecule has 2 aromatic carbocycles. The highest BCUT2D eigenvalue weighted by atomic mass is 31.1. The van der Waals surface area contributed by atoms with Crippen molar-refractivity contribution in [2.75, 3.05) is 0 Å². The Morgan fingerprint density at radius 1 is 0.633 bits per heavy atom. The molecule has 0 saturated carbocycles. The number of hydrogen-bond acceptors (Lipinski definition) is 0. The van der Waals surface area contributed by atoms with E-state index in [0.717, 1.165) is 0 Å². The molecule has 0 N–H and O–H groups in total. The molecule has 0 heterocycles. The van der Waals surface area contributed by atoms with Gasteiger partial charge < -0.3 is 0 Å². The second-order valence-electron chi connectivity index (χ2n) is 12.0. The molecule has 0 aliphatic heterocycles. The molecule has 0 aliphatic carbocycles. The average molecular weight is 426 g/mol. The van der Waals surface area contributed by atoms with E-state index in [1.165, 1.54) is 27.8 Å². The van der Waals surface area contributed by atoms with Crippen LogP contribution in [0.5, 0.6) is 0 Å². The number of hydrogen-bond donors (Lipinski definition) is 0. The summed E-state index contributed by atoms with van der Waals surface area (Å²) >= 11 is 0. The molecular formula is C29H46P+. The van der Waals surface area contributed by atoms with Crippen molar-refractivity contribution in [1.29, 1.82) is 0 Å². The minimum Gasteiger partial charge on any atom is -0.0614 e. The van der Waals surface area contributed by atoms with E-state index in [9.17, 15) is 0 Å². The lowest BCUT2D eigenvalue weighted by molar-refractivity contribution is 0.715. The highest BCUT2D eigenvalue weighted by Crippen LogP contribution is 2.59. The standard InChI is InChI=1S/C29H45P/c1-19(2)22-17-24(20(3)4)27(25(18-22)21(5)6)23-15-13-14-16-26(23)30(28(7,8)9)29(10,11)12/h13-21H,1-12H3/p+1. The summed E-state index contributed by atoms with van der Waals surface area (Å²) in [5.74, 6) is 1.56. The Morgan fingerprint density at radius 3 is 1.43 bits per heavy atom. The molecule has 0 nitrogen and oxygen atoms in total. The summed E-state index contributed by atoms with van der Waals surface area (Å²) in [6.07, 6.45) is 0. The van der Waals surface area contributed by atoms with Crippen molar-refractivity contribution in [1.82, 2.24) is 0 Å². The lowest BCUT2D eigenvalue weighted by Gasteiger charge is -2.35. The van der Waals surface area contributed by atoms with Crippen LogP contribution in [0.15, 0.2) is 36.4 Å². The molecule has 0 saturated heterocycles. The zero-order valence-corrected chi connectivity index (χ0v) is 22.7. The van der Waals surface area contributed by atoms with Crippen LogP contribution in [0.3, 0.4) is 0 Å². The van der Waals surface area contributed by atoms with Gasteiger partial charge in [-0.05, 0) is 87.6 Å². The van der Waals surface area contributed by atoms with Gasteiger partial charge in [0.05, 0.1) is 10.3 Å². The van der Waals surface area contributed by atoms with Gasteiger partial charge in [-0.2, -0.15) is 0 Å². The SMILES string of the molecule is CC(C)c1cc(C(C)C)c(-c2ccccc2[PH+](C(C)(C)C)C(C)(C)C)c(C(C)C)c1. The first-order valence-corrected chi connectivity index (χ1v) is 13.3. The quantitative estimate of drug-likeness (QED) is 0.419. The largest absolute Gasteiger partial charge is 0.100 e. The highest BCUT2D eigenvalue weighted by molar-refractivity contribution is 7.68. The molecule has 0 unspecified atom stereocenters. The molecule has 0 radical (unpaired) electrons. The predicted molar refractivity (Wildman–Crippen MR) is 142 cm³/mol. The first-order chi connectivity index (χ1) is 13.7. The fraction of sp³-hybridized carbons (Fsp3) is 0.586. The normalized spacial score (nSPS) is 13.2. The van der Waals surface area contributed by atoms with Crippen molar-refractivity contribution in [2.45, 2.75) is 111 Å². The molecule has 0 fully saturated rings. The van der Waals surface area contributed by atoms with Crippen LogP contribution in [0.4, 0.5) is 0 Å². The van der Waals surface area contributed by atoms with Crippen molar-refractivity contribution >= 4 is 13.2 Å². The van der Waals surface area contributed by atoms with Crippen LogP contribution in [0, 0.1) is 0 Å². The molecule has 30 heavy (non-hydrogen) atoms. The van der Waals surface area contributed by atoms with Gasteiger partial charge in [0.2, 0.25) is 0 Å². The second kappa shape index (κ2) is 9.16. The molecule has 0 amide bonds. The summed E-state index contributed by atoms with van der Waals surface area (Å²) in [5.41, 5.74) is 7.50. The number of benzene rings is 2. The lowest BCUT2D eigenvalue weighted by atomic mass is 9.82. The third-order valence-electron chi connectivity index (χ3n) is 6.10. The van der Waals surface area contributed by atoms with Gasteiger partial charge >= 0.3 is 0 Å². The second-order valence-corrected chi connectivity index (χ2v) is 16.2. The zero-order valence-electron chi connectivity index (χ0n) is 21.7. The Morgan fingerprint density at radius 2 is 1.07 bits per heavy atom. The van der Waals surface area contributed by atoms with Gasteiger partial charge in [0.15, 0.2) is 0 Å². The van der Waals surface area contributed by atoms with Crippen LogP contribution >= 0.6 is 7.92 Å². The highest BCUT2D eigenvalue weighted by Gasteiger charge is 2.45. The van der Waals surface area contributed by atoms with Crippen molar-refractivity contribution in [3.05, 3.63) is 53.1 Å². The van der Waals surface area contributed by atoms with Crippen molar-refractivity contribution in [3.8, 4) is 11.1 Å². The molecule has 0 aliphatic rings. The van der Waals surface area contributed by atoms with Crippen LogP contribution in [-0.2, 0) is 0 Å². The fourth-order valence-electron chi connectivity index (χ4n) is 5.12. The van der Waals surface area contributed by atoms with E-state index in [1.54, 1.807) is 5.30 Å². The summed E-state index contributed by atoms with van der Waals surface area (Å²) in [5, 5.41) is 2.17. The van der Waals surface area contributed by atoms with E-state index in [4.69, 9.17) is 0 Å². The predicted octanol–water partition coefficient (Wildman–Crippen LogP) is 9.16. The maximum atomic E-state index is 2.49. The molecule has 0 spiro atoms. The first-order valence-electron chi connectivity index (χ1n) is 11.8. The third kappa shape index (κ3) is 5.37. The monoisotopic (exact) mass is 425 g/mol. The van der Waals surface area contributed by atoms with E-state index >= 15 is 0 Å². The molecule has 2 aromatic rings. The van der Waals surface area contributed by atoms with Crippen LogP contribution < -0.4 is 5.30 Å². The van der Waals surface area contributed by atoms with Crippen LogP contribution in [0.2, 0.25) is 0 Å². The zero-order chi connectivity index (χ0) is 23.0. The maximum absolute atomic E-state index is 2.49. The van der Waals surface area contributed by atoms with Gasteiger partial charge in [-0.25, -0.2) is 0 Å². The van der Waals surface area contributed by atoms with Crippen molar-refractivity contribution in [3.63, 3.8) is 0 Å². The Kier molecular flexibility index (Phi) is 7.67. The van der Waals surface area contributed by atoms with Gasteiger partial charge in [0.25, 0.3) is 0 Å². The fourth-order valence-corrected chi connectivity index (χ4v) is 9.73. The summed E-state index contributed by atoms with van der Waals surface area (Å²) in [4.78, 5) is 0. The smallest absolute Gasteiger partial charge is 0.0614 e. The average Bonchev–Trinajstić information content (AvgIpc) is 2.58. The van der Waals surface area contributed by atoms with Gasteiger partial charge in [0.1, 0.15) is 5.30 Å². The van der Waals surface area contributed by atoms with Crippen molar-refractivity contribution in [2.24, 2.45) is 0 Å². The Balaban J connectivity index is 2.96. The summed E-state index contributed by atoms with van der Waals surface area (Å²) in [6, 6.07) is 14.3. The molecule has 2 rings (SSSR count). The topological polar surface area (TPSA) is 0 Å². The third-order valence-corrected chi connectivity index (χ3v) is 10.1. The maximum Gasteiger partial charge on any atom is 0.100 e. The summed E-state index contributed by atoms with van der Waals surface area (Å²) in [7, 11) is -0.840. The molecule has 0 bridgehead atoms. The summed E-state index contributed by atoms with van der Waals surface area (Å²) in [6.45, 7) is 28.7. The molecule has 0 aromatic heterocycles. The molecular weight excluding hydrogens is 379 g/mol. The van der Waals surface area contributed by atoms with E-state index in [-0.39, 0.29) is 10.3 Å². The number of rotatable bonds is 5. The van der Waals surface area contributed by atoms with E-state index in [1.807, 2.05) is 0 Å². The van der Waals surface area contributed by atoms with E-state index in [0.29, 0.717) is 17.8 Å². The van der Waals surface area contributed by atoms with Crippen molar-refractivity contribution < 1.29 is 0 Å². The van der Waals surface area contributed by atoms with Gasteiger partial charge in [-0.3, -0.25) is 0 Å². The molecule has 166 valence electrons. The minimum absolute atomic E-state index is 0.285. The molecule has 0 atom stereocenters.